The summed E-state index contributed by atoms with van der Waals surface area (Å²) in [7, 11) is 0. The molecule has 1 heterocycles. The highest BCUT2D eigenvalue weighted by atomic mass is 16.1. The number of pyridine rings is 1. The van der Waals surface area contributed by atoms with Gasteiger partial charge in [0.05, 0.1) is 0 Å². The second-order valence-electron chi connectivity index (χ2n) is 9.65. The largest absolute Gasteiger partial charge is 0.295 e. The Balaban J connectivity index is 1.53. The van der Waals surface area contributed by atoms with Crippen molar-refractivity contribution in [1.82, 2.24) is 4.98 Å². The lowest BCUT2D eigenvalue weighted by molar-refractivity contribution is -0.116. The third kappa shape index (κ3) is 2.31. The molecule has 0 bridgehead atoms. The van der Waals surface area contributed by atoms with Gasteiger partial charge in [-0.15, -0.1) is 0 Å². The van der Waals surface area contributed by atoms with Crippen LogP contribution in [-0.4, -0.2) is 10.8 Å². The fraction of sp³-hybridized carbons (Fsp3) is 0.520. The molecule has 0 N–H and O–H groups in total. The number of fused-ring (bicyclic) bond motifs is 5. The van der Waals surface area contributed by atoms with Crippen LogP contribution in [0, 0.1) is 28.6 Å². The molecular formula is C25H29NO. The third-order valence-electron chi connectivity index (χ3n) is 8.30. The summed E-state index contributed by atoms with van der Waals surface area (Å²) in [6, 6.07) is 4.24. The highest BCUT2D eigenvalue weighted by Crippen LogP contribution is 2.66. The molecular weight excluding hydrogens is 330 g/mol. The maximum absolute atomic E-state index is 12.1. The van der Waals surface area contributed by atoms with Gasteiger partial charge < -0.3 is 0 Å². The highest BCUT2D eigenvalue weighted by Gasteiger charge is 2.56. The molecule has 0 spiro atoms. The van der Waals surface area contributed by atoms with Crippen molar-refractivity contribution in [1.29, 1.82) is 0 Å². The summed E-state index contributed by atoms with van der Waals surface area (Å²) in [5.41, 5.74) is 6.15. The third-order valence-corrected chi connectivity index (χ3v) is 8.30. The first-order valence-electron chi connectivity index (χ1n) is 10.5. The quantitative estimate of drug-likeness (QED) is 0.637. The van der Waals surface area contributed by atoms with E-state index in [-0.39, 0.29) is 10.8 Å². The highest BCUT2D eigenvalue weighted by molar-refractivity contribution is 5.91. The molecule has 2 fully saturated rings. The summed E-state index contributed by atoms with van der Waals surface area (Å²) in [6.07, 6.45) is 16.1. The van der Waals surface area contributed by atoms with Crippen LogP contribution in [0.1, 0.15) is 58.4 Å². The van der Waals surface area contributed by atoms with E-state index < -0.39 is 0 Å². The number of allylic oxidation sites excluding steroid dienone is 6. The van der Waals surface area contributed by atoms with Gasteiger partial charge in [0, 0.05) is 24.2 Å². The van der Waals surface area contributed by atoms with Crippen LogP contribution in [-0.2, 0) is 4.79 Å². The molecule has 5 atom stereocenters. The Kier molecular flexibility index (Phi) is 3.67. The van der Waals surface area contributed by atoms with Crippen molar-refractivity contribution >= 4 is 11.4 Å². The van der Waals surface area contributed by atoms with Crippen molar-refractivity contribution in [3.63, 3.8) is 0 Å². The van der Waals surface area contributed by atoms with E-state index in [0.717, 1.165) is 12.8 Å². The van der Waals surface area contributed by atoms with Gasteiger partial charge in [0.2, 0.25) is 0 Å². The van der Waals surface area contributed by atoms with E-state index in [2.05, 4.69) is 44.0 Å². The minimum atomic E-state index is 0.145. The van der Waals surface area contributed by atoms with E-state index in [1.54, 1.807) is 5.57 Å². The van der Waals surface area contributed by atoms with E-state index in [0.29, 0.717) is 23.5 Å². The lowest BCUT2D eigenvalue weighted by Crippen LogP contribution is -2.49. The van der Waals surface area contributed by atoms with E-state index >= 15 is 0 Å². The molecule has 1 aromatic rings. The van der Waals surface area contributed by atoms with Crippen molar-refractivity contribution in [2.24, 2.45) is 28.6 Å². The van der Waals surface area contributed by atoms with Crippen LogP contribution in [0.25, 0.3) is 5.57 Å². The molecule has 0 amide bonds. The molecule has 0 saturated heterocycles. The van der Waals surface area contributed by atoms with Crippen molar-refractivity contribution in [2.45, 2.75) is 52.9 Å². The Morgan fingerprint density at radius 3 is 2.78 bits per heavy atom. The first-order chi connectivity index (χ1) is 12.9. The molecule has 2 saturated carbocycles. The Hall–Kier alpha value is -1.96. The average molecular weight is 360 g/mol. The van der Waals surface area contributed by atoms with Crippen molar-refractivity contribution < 1.29 is 4.79 Å². The van der Waals surface area contributed by atoms with E-state index in [1.807, 2.05) is 24.5 Å². The van der Waals surface area contributed by atoms with Crippen LogP contribution >= 0.6 is 0 Å². The molecule has 140 valence electrons. The van der Waals surface area contributed by atoms with Crippen LogP contribution in [0.3, 0.4) is 0 Å². The second-order valence-corrected chi connectivity index (χ2v) is 9.65. The van der Waals surface area contributed by atoms with Gasteiger partial charge in [-0.25, -0.2) is 0 Å². The lowest BCUT2D eigenvalue weighted by Gasteiger charge is -2.57. The van der Waals surface area contributed by atoms with E-state index in [9.17, 15) is 4.79 Å². The van der Waals surface area contributed by atoms with Crippen molar-refractivity contribution in [3.8, 4) is 0 Å². The van der Waals surface area contributed by atoms with Crippen LogP contribution in [0.2, 0.25) is 0 Å². The summed E-state index contributed by atoms with van der Waals surface area (Å²) in [4.78, 5) is 16.5. The monoisotopic (exact) mass is 359 g/mol. The molecule has 27 heavy (non-hydrogen) atoms. The molecule has 1 unspecified atom stereocenters. The van der Waals surface area contributed by atoms with Crippen LogP contribution in [0.4, 0.5) is 0 Å². The van der Waals surface area contributed by atoms with E-state index in [4.69, 9.17) is 0 Å². The zero-order chi connectivity index (χ0) is 18.8. The Labute approximate surface area is 162 Å². The van der Waals surface area contributed by atoms with Crippen LogP contribution in [0.15, 0.2) is 53.9 Å². The molecule has 0 radical (unpaired) electrons. The van der Waals surface area contributed by atoms with Gasteiger partial charge in [0.1, 0.15) is 0 Å². The normalized spacial score (nSPS) is 40.3. The smallest absolute Gasteiger partial charge is 0.155 e. The zero-order valence-corrected chi connectivity index (χ0v) is 16.7. The predicted molar refractivity (Wildman–Crippen MR) is 109 cm³/mol. The zero-order valence-electron chi connectivity index (χ0n) is 16.7. The Morgan fingerprint density at radius 2 is 2.00 bits per heavy atom. The number of ketones is 1. The van der Waals surface area contributed by atoms with Gasteiger partial charge in [-0.1, -0.05) is 50.1 Å². The summed E-state index contributed by atoms with van der Waals surface area (Å²) >= 11 is 0. The fourth-order valence-corrected chi connectivity index (χ4v) is 6.91. The number of nitrogens with zero attached hydrogens (tertiary/aromatic N) is 1. The SMILES string of the molecule is CC1C[C@H]2C3=CC=C(c4cccnc4)[C@@]3(C)CC[C@@H]2[C@@]2(C)CCC(=O)C=C12. The van der Waals surface area contributed by atoms with Gasteiger partial charge in [-0.3, -0.25) is 9.78 Å². The summed E-state index contributed by atoms with van der Waals surface area (Å²) < 4.78 is 0. The number of hydrogen-bond acceptors (Lipinski definition) is 2. The Morgan fingerprint density at radius 1 is 1.15 bits per heavy atom. The molecule has 0 aromatic carbocycles. The predicted octanol–water partition coefficient (Wildman–Crippen LogP) is 5.77. The van der Waals surface area contributed by atoms with Gasteiger partial charge in [-0.05, 0) is 72.1 Å². The Bertz CT molecular complexity index is 892. The standard InChI is InChI=1S/C25H29NO/c1-16-13-19-21-7-6-20(17-5-4-12-26-15-17)24(21,2)11-9-22(19)25(3)10-8-18(27)14-23(16)25/h4-7,12,14-16,19,22H,8-11,13H2,1-3H3/t16?,19-,22-,24+,25+/m0/s1. The summed E-state index contributed by atoms with van der Waals surface area (Å²) in [6.45, 7) is 7.24. The van der Waals surface area contributed by atoms with Crippen molar-refractivity contribution in [3.05, 3.63) is 59.5 Å². The van der Waals surface area contributed by atoms with Gasteiger partial charge in [0.15, 0.2) is 5.78 Å². The maximum atomic E-state index is 12.1. The number of hydrogen-bond donors (Lipinski definition) is 0. The van der Waals surface area contributed by atoms with Gasteiger partial charge in [-0.2, -0.15) is 0 Å². The van der Waals surface area contributed by atoms with Gasteiger partial charge >= 0.3 is 0 Å². The number of aromatic nitrogens is 1. The molecule has 2 heteroatoms. The maximum Gasteiger partial charge on any atom is 0.155 e. The number of carbonyl (C=O) groups is 1. The molecule has 2 nitrogen and oxygen atoms in total. The lowest BCUT2D eigenvalue weighted by atomic mass is 9.46. The minimum absolute atomic E-state index is 0.145. The fourth-order valence-electron chi connectivity index (χ4n) is 6.91. The van der Waals surface area contributed by atoms with Gasteiger partial charge in [0.25, 0.3) is 0 Å². The molecule has 5 rings (SSSR count). The van der Waals surface area contributed by atoms with E-state index in [1.165, 1.54) is 36.0 Å². The first kappa shape index (κ1) is 17.2. The van der Waals surface area contributed by atoms with Crippen LogP contribution in [0.5, 0.6) is 0 Å². The minimum Gasteiger partial charge on any atom is -0.295 e. The first-order valence-corrected chi connectivity index (χ1v) is 10.5. The van der Waals surface area contributed by atoms with Crippen LogP contribution < -0.4 is 0 Å². The molecule has 4 aliphatic carbocycles. The summed E-state index contributed by atoms with van der Waals surface area (Å²) in [5.74, 6) is 2.16. The number of carbonyl (C=O) groups excluding carboxylic acids is 1. The molecule has 4 aliphatic rings. The average Bonchev–Trinajstić information content (AvgIpc) is 3.01. The molecule has 1 aromatic heterocycles. The summed E-state index contributed by atoms with van der Waals surface area (Å²) in [5, 5.41) is 0. The topological polar surface area (TPSA) is 30.0 Å². The number of rotatable bonds is 1. The molecule has 0 aliphatic heterocycles. The van der Waals surface area contributed by atoms with Crippen molar-refractivity contribution in [2.75, 3.05) is 0 Å². The second kappa shape index (κ2) is 5.77.